The van der Waals surface area contributed by atoms with Crippen LogP contribution >= 0.6 is 0 Å². The zero-order valence-electron chi connectivity index (χ0n) is 13.7. The SMILES string of the molecule is OC=c1cc2[nH]c1=CC1=NC(=CC3=NC(=CC4=NC(=C2)C=C4)C=C3)C=C1. The largest absolute Gasteiger partial charge is 0.515 e. The Morgan fingerprint density at radius 3 is 1.81 bits per heavy atom. The lowest BCUT2D eigenvalue weighted by Gasteiger charge is -1.93. The molecule has 5 rings (SSSR count). The smallest absolute Gasteiger partial charge is 0.0885 e. The van der Waals surface area contributed by atoms with E-state index in [1.165, 1.54) is 0 Å². The van der Waals surface area contributed by atoms with E-state index in [1.807, 2.05) is 66.8 Å². The van der Waals surface area contributed by atoms with Crippen molar-refractivity contribution in [3.63, 3.8) is 0 Å². The first kappa shape index (κ1) is 14.6. The lowest BCUT2D eigenvalue weighted by Crippen LogP contribution is -2.23. The molecular formula is C21H14N4O. The molecule has 0 aromatic carbocycles. The number of nitrogens with one attached hydrogen (secondary N) is 1. The van der Waals surface area contributed by atoms with E-state index >= 15 is 0 Å². The summed E-state index contributed by atoms with van der Waals surface area (Å²) in [6, 6.07) is 1.88. The number of nitrogens with zero attached hydrogens (tertiary/aromatic N) is 3. The van der Waals surface area contributed by atoms with E-state index < -0.39 is 0 Å². The van der Waals surface area contributed by atoms with Crippen molar-refractivity contribution in [2.45, 2.75) is 0 Å². The van der Waals surface area contributed by atoms with Gasteiger partial charge in [-0.1, -0.05) is 0 Å². The topological polar surface area (TPSA) is 73.1 Å². The van der Waals surface area contributed by atoms with Gasteiger partial charge >= 0.3 is 0 Å². The van der Waals surface area contributed by atoms with E-state index in [0.29, 0.717) is 5.22 Å². The lowest BCUT2D eigenvalue weighted by molar-refractivity contribution is 0.540. The fourth-order valence-electron chi connectivity index (χ4n) is 3.09. The van der Waals surface area contributed by atoms with Crippen molar-refractivity contribution in [1.82, 2.24) is 4.98 Å². The Hall–Kier alpha value is -3.73. The molecule has 26 heavy (non-hydrogen) atoms. The van der Waals surface area contributed by atoms with Gasteiger partial charge in [0, 0.05) is 10.9 Å². The minimum atomic E-state index is 0.703. The summed E-state index contributed by atoms with van der Waals surface area (Å²) in [6.07, 6.45) is 20.6. The number of H-pyrrole nitrogens is 1. The van der Waals surface area contributed by atoms with Crippen molar-refractivity contribution >= 4 is 35.5 Å². The molecule has 0 amide bonds. The number of aliphatic hydroxyl groups is 1. The second-order valence-electron chi connectivity index (χ2n) is 6.18. The van der Waals surface area contributed by atoms with Gasteiger partial charge < -0.3 is 10.1 Å². The summed E-state index contributed by atoms with van der Waals surface area (Å²) in [6.45, 7) is 0. The molecule has 8 bridgehead atoms. The molecule has 0 aliphatic carbocycles. The van der Waals surface area contributed by atoms with Gasteiger partial charge in [-0.2, -0.15) is 0 Å². The van der Waals surface area contributed by atoms with Crippen molar-refractivity contribution in [1.29, 1.82) is 0 Å². The molecule has 0 unspecified atom stereocenters. The maximum Gasteiger partial charge on any atom is 0.0885 e. The van der Waals surface area contributed by atoms with Crippen LogP contribution in [0.2, 0.25) is 0 Å². The Labute approximate surface area is 149 Å². The quantitative estimate of drug-likeness (QED) is 0.748. The van der Waals surface area contributed by atoms with E-state index in [-0.39, 0.29) is 0 Å². The average molecular weight is 338 g/mol. The standard InChI is InChI=1S/C21H14N4O/c26-12-13-7-20-10-18-4-3-16(23-18)8-14-1-2-15(22-14)9-17-5-6-19(24-17)11-21(13)25-20/h1-12,25-26H. The van der Waals surface area contributed by atoms with Gasteiger partial charge in [0.1, 0.15) is 0 Å². The molecule has 124 valence electrons. The number of hydrogen-bond acceptors (Lipinski definition) is 4. The number of aliphatic hydroxyl groups excluding tert-OH is 1. The molecule has 2 N–H and O–H groups in total. The summed E-state index contributed by atoms with van der Waals surface area (Å²) in [7, 11) is 0. The number of allylic oxidation sites excluding steroid dienone is 8. The molecule has 0 atom stereocenters. The van der Waals surface area contributed by atoms with Crippen LogP contribution in [0.25, 0.3) is 18.4 Å². The zero-order chi connectivity index (χ0) is 17.5. The normalized spacial score (nSPS) is 20.4. The highest BCUT2D eigenvalue weighted by atomic mass is 16.2. The maximum atomic E-state index is 9.54. The van der Waals surface area contributed by atoms with Gasteiger partial charge in [0.25, 0.3) is 0 Å². The van der Waals surface area contributed by atoms with Gasteiger partial charge in [-0.3, -0.25) is 0 Å². The molecule has 4 aliphatic rings. The average Bonchev–Trinajstić information content (AvgIpc) is 3.39. The van der Waals surface area contributed by atoms with Crippen LogP contribution in [0.1, 0.15) is 5.69 Å². The Morgan fingerprint density at radius 2 is 1.23 bits per heavy atom. The summed E-state index contributed by atoms with van der Waals surface area (Å²) < 4.78 is 0. The molecule has 0 spiro atoms. The molecule has 0 saturated carbocycles. The van der Waals surface area contributed by atoms with Crippen LogP contribution in [-0.2, 0) is 0 Å². The number of aliphatic imine (C=N–C) groups is 3. The number of fused-ring (bicyclic) bond motifs is 5. The fraction of sp³-hybridized carbons (Fsp3) is 0. The number of hydrogen-bond donors (Lipinski definition) is 2. The fourth-order valence-corrected chi connectivity index (χ4v) is 3.09. The predicted octanol–water partition coefficient (Wildman–Crippen LogP) is 2.25. The highest BCUT2D eigenvalue weighted by Gasteiger charge is 2.09. The molecule has 1 aromatic heterocycles. The third-order valence-corrected chi connectivity index (χ3v) is 4.28. The first-order chi connectivity index (χ1) is 12.7. The molecule has 5 heteroatoms. The van der Waals surface area contributed by atoms with Crippen LogP contribution < -0.4 is 10.6 Å². The van der Waals surface area contributed by atoms with Gasteiger partial charge in [0.15, 0.2) is 0 Å². The first-order valence-corrected chi connectivity index (χ1v) is 8.26. The van der Waals surface area contributed by atoms with Crippen molar-refractivity contribution in [2.24, 2.45) is 15.0 Å². The van der Waals surface area contributed by atoms with Gasteiger partial charge in [-0.05, 0) is 66.8 Å². The summed E-state index contributed by atoms with van der Waals surface area (Å²) in [4.78, 5) is 17.1. The Kier molecular flexibility index (Phi) is 3.18. The van der Waals surface area contributed by atoms with E-state index in [9.17, 15) is 5.11 Å². The second-order valence-corrected chi connectivity index (χ2v) is 6.18. The lowest BCUT2D eigenvalue weighted by atomic mass is 10.2. The summed E-state index contributed by atoms with van der Waals surface area (Å²) in [5, 5.41) is 11.0. The first-order valence-electron chi connectivity index (χ1n) is 8.26. The second kappa shape index (κ2) is 5.67. The minimum absolute atomic E-state index is 0.703. The van der Waals surface area contributed by atoms with Crippen LogP contribution in [0.4, 0.5) is 0 Å². The Balaban J connectivity index is 1.73. The highest BCUT2D eigenvalue weighted by molar-refractivity contribution is 6.20. The molecule has 1 aromatic rings. The predicted molar refractivity (Wildman–Crippen MR) is 105 cm³/mol. The molecule has 5 nitrogen and oxygen atoms in total. The number of aromatic nitrogens is 1. The van der Waals surface area contributed by atoms with E-state index in [4.69, 9.17) is 0 Å². The van der Waals surface area contributed by atoms with E-state index in [2.05, 4.69) is 20.0 Å². The third-order valence-electron chi connectivity index (χ3n) is 4.28. The van der Waals surface area contributed by atoms with Crippen molar-refractivity contribution in [3.05, 3.63) is 88.0 Å². The van der Waals surface area contributed by atoms with Crippen LogP contribution in [0.5, 0.6) is 0 Å². The van der Waals surface area contributed by atoms with Crippen LogP contribution in [0, 0.1) is 0 Å². The summed E-state index contributed by atoms with van der Waals surface area (Å²) in [5.41, 5.74) is 5.94. The molecule has 0 fully saturated rings. The van der Waals surface area contributed by atoms with Crippen LogP contribution in [-0.4, -0.2) is 27.2 Å². The molecular weight excluding hydrogens is 324 g/mol. The van der Waals surface area contributed by atoms with Gasteiger partial charge in [0.2, 0.25) is 0 Å². The van der Waals surface area contributed by atoms with Crippen LogP contribution in [0.15, 0.2) is 86.7 Å². The number of aromatic amines is 1. The summed E-state index contributed by atoms with van der Waals surface area (Å²) in [5.74, 6) is 0. The van der Waals surface area contributed by atoms with E-state index in [1.54, 1.807) is 0 Å². The van der Waals surface area contributed by atoms with Gasteiger partial charge in [-0.25, -0.2) is 15.0 Å². The van der Waals surface area contributed by atoms with Gasteiger partial charge in [-0.15, -0.1) is 0 Å². The Morgan fingerprint density at radius 1 is 0.692 bits per heavy atom. The monoisotopic (exact) mass is 338 g/mol. The number of rotatable bonds is 0. The summed E-state index contributed by atoms with van der Waals surface area (Å²) >= 11 is 0. The highest BCUT2D eigenvalue weighted by Crippen LogP contribution is 2.18. The van der Waals surface area contributed by atoms with Gasteiger partial charge in [0.05, 0.1) is 45.8 Å². The zero-order valence-corrected chi connectivity index (χ0v) is 13.7. The third kappa shape index (κ3) is 2.65. The Bertz CT molecular complexity index is 1220. The molecule has 0 saturated heterocycles. The molecule has 4 aliphatic heterocycles. The van der Waals surface area contributed by atoms with Crippen molar-refractivity contribution in [3.8, 4) is 0 Å². The van der Waals surface area contributed by atoms with Crippen molar-refractivity contribution < 1.29 is 5.11 Å². The minimum Gasteiger partial charge on any atom is -0.515 e. The molecule has 0 radical (unpaired) electrons. The van der Waals surface area contributed by atoms with Crippen LogP contribution in [0.3, 0.4) is 0 Å². The van der Waals surface area contributed by atoms with Crippen molar-refractivity contribution in [2.75, 3.05) is 0 Å². The molecule has 5 heterocycles. The van der Waals surface area contributed by atoms with E-state index in [0.717, 1.165) is 51.5 Å². The maximum absolute atomic E-state index is 9.54.